The molecular formula is C14H18BrNO. The van der Waals surface area contributed by atoms with Gasteiger partial charge in [-0.1, -0.05) is 15.9 Å². The number of aryl methyl sites for hydroxylation is 1. The molecule has 0 amide bonds. The number of ketones is 1. The van der Waals surface area contributed by atoms with Crippen LogP contribution in [0.5, 0.6) is 0 Å². The smallest absolute Gasteiger partial charge is 0.133 e. The number of nitrogens with zero attached hydrogens (tertiary/aromatic N) is 1. The summed E-state index contributed by atoms with van der Waals surface area (Å²) in [5.74, 6) is 0.418. The molecule has 0 atom stereocenters. The van der Waals surface area contributed by atoms with Crippen LogP contribution in [0.15, 0.2) is 22.7 Å². The first-order chi connectivity index (χ1) is 8.08. The second kappa shape index (κ2) is 5.21. The highest BCUT2D eigenvalue weighted by molar-refractivity contribution is 9.10. The number of hydrogen-bond acceptors (Lipinski definition) is 2. The number of Topliss-reactive ketones (excluding diaryl/α,β-unsaturated/α-hetero) is 1. The Balaban J connectivity index is 2.11. The highest BCUT2D eigenvalue weighted by Gasteiger charge is 2.22. The van der Waals surface area contributed by atoms with Gasteiger partial charge in [-0.25, -0.2) is 0 Å². The summed E-state index contributed by atoms with van der Waals surface area (Å²) in [7, 11) is 2.13. The Morgan fingerprint density at radius 2 is 1.94 bits per heavy atom. The Morgan fingerprint density at radius 1 is 1.29 bits per heavy atom. The lowest BCUT2D eigenvalue weighted by molar-refractivity contribution is -0.120. The zero-order chi connectivity index (χ0) is 12.4. The first-order valence-corrected chi connectivity index (χ1v) is 6.88. The van der Waals surface area contributed by atoms with Gasteiger partial charge in [0.05, 0.1) is 0 Å². The van der Waals surface area contributed by atoms with Crippen LogP contribution in [0, 0.1) is 6.92 Å². The van der Waals surface area contributed by atoms with Gasteiger partial charge in [0.2, 0.25) is 0 Å². The van der Waals surface area contributed by atoms with E-state index in [1.54, 1.807) is 0 Å². The number of rotatable bonds is 2. The second-order valence-electron chi connectivity index (χ2n) is 4.81. The maximum absolute atomic E-state index is 11.2. The molecule has 1 aromatic carbocycles. The van der Waals surface area contributed by atoms with Crippen molar-refractivity contribution >= 4 is 27.4 Å². The molecule has 1 aliphatic carbocycles. The Bertz CT molecular complexity index is 420. The lowest BCUT2D eigenvalue weighted by Crippen LogP contribution is -2.35. The second-order valence-corrected chi connectivity index (χ2v) is 5.67. The molecule has 2 rings (SSSR count). The highest BCUT2D eigenvalue weighted by Crippen LogP contribution is 2.27. The molecule has 0 aromatic heterocycles. The minimum Gasteiger partial charge on any atom is -0.372 e. The zero-order valence-electron chi connectivity index (χ0n) is 10.4. The maximum Gasteiger partial charge on any atom is 0.133 e. The van der Waals surface area contributed by atoms with Crippen LogP contribution in [0.1, 0.15) is 31.2 Å². The van der Waals surface area contributed by atoms with E-state index < -0.39 is 0 Å². The molecule has 1 fully saturated rings. The molecule has 1 aromatic rings. The summed E-state index contributed by atoms with van der Waals surface area (Å²) in [5.41, 5.74) is 2.49. The highest BCUT2D eigenvalue weighted by atomic mass is 79.9. The molecule has 0 N–H and O–H groups in total. The fourth-order valence-electron chi connectivity index (χ4n) is 2.37. The van der Waals surface area contributed by atoms with Gasteiger partial charge in [-0.3, -0.25) is 4.79 Å². The van der Waals surface area contributed by atoms with Crippen molar-refractivity contribution in [1.29, 1.82) is 0 Å². The summed E-state index contributed by atoms with van der Waals surface area (Å²) in [6, 6.07) is 6.93. The zero-order valence-corrected chi connectivity index (χ0v) is 12.0. The van der Waals surface area contributed by atoms with Crippen molar-refractivity contribution in [3.63, 3.8) is 0 Å². The molecule has 0 saturated heterocycles. The largest absolute Gasteiger partial charge is 0.372 e. The van der Waals surface area contributed by atoms with E-state index in [1.807, 2.05) is 0 Å². The summed E-state index contributed by atoms with van der Waals surface area (Å²) >= 11 is 3.52. The van der Waals surface area contributed by atoms with Crippen LogP contribution in [0.25, 0.3) is 0 Å². The lowest BCUT2D eigenvalue weighted by Gasteiger charge is -2.32. The summed E-state index contributed by atoms with van der Waals surface area (Å²) in [4.78, 5) is 13.6. The van der Waals surface area contributed by atoms with Crippen molar-refractivity contribution in [1.82, 2.24) is 0 Å². The van der Waals surface area contributed by atoms with Crippen molar-refractivity contribution in [2.24, 2.45) is 0 Å². The van der Waals surface area contributed by atoms with Crippen LogP contribution in [0.3, 0.4) is 0 Å². The minimum absolute atomic E-state index is 0.418. The summed E-state index contributed by atoms with van der Waals surface area (Å²) in [6.45, 7) is 2.10. The number of carbonyl (C=O) groups excluding carboxylic acids is 1. The van der Waals surface area contributed by atoms with E-state index in [0.717, 1.165) is 30.2 Å². The SMILES string of the molecule is Cc1cc(N(C)C2CCC(=O)CC2)ccc1Br. The Kier molecular flexibility index (Phi) is 3.87. The average Bonchev–Trinajstić information content (AvgIpc) is 2.33. The molecule has 3 heteroatoms. The summed E-state index contributed by atoms with van der Waals surface area (Å²) in [5, 5.41) is 0. The van der Waals surface area contributed by atoms with E-state index in [4.69, 9.17) is 0 Å². The predicted octanol–water partition coefficient (Wildman–Crippen LogP) is 3.71. The van der Waals surface area contributed by atoms with Crippen LogP contribution in [0.2, 0.25) is 0 Å². The first-order valence-electron chi connectivity index (χ1n) is 6.08. The average molecular weight is 296 g/mol. The number of benzene rings is 1. The molecule has 17 heavy (non-hydrogen) atoms. The van der Waals surface area contributed by atoms with Gasteiger partial charge in [0, 0.05) is 36.1 Å². The van der Waals surface area contributed by atoms with E-state index in [-0.39, 0.29) is 0 Å². The predicted molar refractivity (Wildman–Crippen MR) is 74.5 cm³/mol. The molecule has 0 aliphatic heterocycles. The normalized spacial score (nSPS) is 17.2. The van der Waals surface area contributed by atoms with E-state index in [2.05, 4.69) is 53.0 Å². The number of carbonyl (C=O) groups is 1. The molecule has 2 nitrogen and oxygen atoms in total. The van der Waals surface area contributed by atoms with E-state index >= 15 is 0 Å². The Hall–Kier alpha value is -0.830. The molecule has 0 spiro atoms. The monoisotopic (exact) mass is 295 g/mol. The topological polar surface area (TPSA) is 20.3 Å². The van der Waals surface area contributed by atoms with Crippen LogP contribution < -0.4 is 4.90 Å². The number of halogens is 1. The van der Waals surface area contributed by atoms with Crippen LogP contribution >= 0.6 is 15.9 Å². The number of anilines is 1. The van der Waals surface area contributed by atoms with Crippen LogP contribution in [-0.4, -0.2) is 18.9 Å². The minimum atomic E-state index is 0.418. The van der Waals surface area contributed by atoms with E-state index in [9.17, 15) is 4.79 Å². The van der Waals surface area contributed by atoms with E-state index in [1.165, 1.54) is 11.3 Å². The fraction of sp³-hybridized carbons (Fsp3) is 0.500. The van der Waals surface area contributed by atoms with Gasteiger partial charge in [0.25, 0.3) is 0 Å². The van der Waals surface area contributed by atoms with Crippen molar-refractivity contribution in [3.8, 4) is 0 Å². The molecular weight excluding hydrogens is 278 g/mol. The van der Waals surface area contributed by atoms with Gasteiger partial charge in [-0.2, -0.15) is 0 Å². The third-order valence-corrected chi connectivity index (χ3v) is 4.50. The van der Waals surface area contributed by atoms with Gasteiger partial charge in [-0.15, -0.1) is 0 Å². The third-order valence-electron chi connectivity index (χ3n) is 3.61. The van der Waals surface area contributed by atoms with Crippen molar-refractivity contribution in [2.75, 3.05) is 11.9 Å². The van der Waals surface area contributed by atoms with Gasteiger partial charge in [-0.05, 0) is 43.5 Å². The van der Waals surface area contributed by atoms with Crippen LogP contribution in [-0.2, 0) is 4.79 Å². The third kappa shape index (κ3) is 2.89. The summed E-state index contributed by atoms with van der Waals surface area (Å²) in [6.07, 6.45) is 3.46. The molecule has 0 radical (unpaired) electrons. The Morgan fingerprint density at radius 3 is 2.53 bits per heavy atom. The molecule has 0 heterocycles. The number of hydrogen-bond donors (Lipinski definition) is 0. The standard InChI is InChI=1S/C14H18BrNO/c1-10-9-12(5-8-14(10)15)16(2)11-3-6-13(17)7-4-11/h5,8-9,11H,3-4,6-7H2,1-2H3. The van der Waals surface area contributed by atoms with Crippen molar-refractivity contribution in [3.05, 3.63) is 28.2 Å². The molecule has 1 saturated carbocycles. The molecule has 0 unspecified atom stereocenters. The Labute approximate surface area is 111 Å². The quantitative estimate of drug-likeness (QED) is 0.829. The van der Waals surface area contributed by atoms with Gasteiger partial charge in [0.15, 0.2) is 0 Å². The summed E-state index contributed by atoms with van der Waals surface area (Å²) < 4.78 is 1.15. The van der Waals surface area contributed by atoms with Crippen LogP contribution in [0.4, 0.5) is 5.69 Å². The maximum atomic E-state index is 11.2. The first kappa shape index (κ1) is 12.6. The molecule has 0 bridgehead atoms. The van der Waals surface area contributed by atoms with Gasteiger partial charge >= 0.3 is 0 Å². The van der Waals surface area contributed by atoms with Gasteiger partial charge in [0.1, 0.15) is 5.78 Å². The molecule has 92 valence electrons. The lowest BCUT2D eigenvalue weighted by atomic mass is 9.93. The van der Waals surface area contributed by atoms with E-state index in [0.29, 0.717) is 11.8 Å². The van der Waals surface area contributed by atoms with Crippen molar-refractivity contribution < 1.29 is 4.79 Å². The van der Waals surface area contributed by atoms with Crippen molar-refractivity contribution in [2.45, 2.75) is 38.6 Å². The fourth-order valence-corrected chi connectivity index (χ4v) is 2.62. The van der Waals surface area contributed by atoms with Gasteiger partial charge < -0.3 is 4.90 Å². The molecule has 1 aliphatic rings.